The zero-order valence-electron chi connectivity index (χ0n) is 11.1. The second-order valence-corrected chi connectivity index (χ2v) is 5.66. The van der Waals surface area contributed by atoms with Gasteiger partial charge in [-0.15, -0.1) is 0 Å². The Hall–Kier alpha value is -2.26. The van der Waals surface area contributed by atoms with Gasteiger partial charge >= 0.3 is 0 Å². The molecule has 5 nitrogen and oxygen atoms in total. The van der Waals surface area contributed by atoms with Crippen LogP contribution in [0.25, 0.3) is 11.3 Å². The number of carboxylic acid groups (broad SMARTS) is 1. The van der Waals surface area contributed by atoms with E-state index in [4.69, 9.17) is 4.42 Å². The molecule has 0 aromatic carbocycles. The van der Waals surface area contributed by atoms with Gasteiger partial charge in [0.25, 0.3) is 0 Å². The van der Waals surface area contributed by atoms with Crippen LogP contribution >= 0.6 is 11.8 Å². The monoisotopic (exact) mass is 299 g/mol. The van der Waals surface area contributed by atoms with Gasteiger partial charge in [-0.3, -0.25) is 0 Å². The molecule has 3 rings (SSSR count). The number of carboxylic acids is 1. The Labute approximate surface area is 125 Å². The molecule has 0 fully saturated rings. The zero-order valence-corrected chi connectivity index (χ0v) is 11.9. The van der Waals surface area contributed by atoms with Crippen LogP contribution in [0, 0.1) is 11.3 Å². The van der Waals surface area contributed by atoms with Crippen molar-refractivity contribution in [2.45, 2.75) is 24.3 Å². The summed E-state index contributed by atoms with van der Waals surface area (Å²) in [7, 11) is 0. The van der Waals surface area contributed by atoms with Crippen molar-refractivity contribution in [1.29, 1.82) is 5.26 Å². The summed E-state index contributed by atoms with van der Waals surface area (Å²) in [6.45, 7) is 0. The number of aryl methyl sites for hydroxylation is 1. The maximum atomic E-state index is 10.7. The summed E-state index contributed by atoms with van der Waals surface area (Å²) in [6.07, 6.45) is 4.24. The molecule has 0 amide bonds. The second-order valence-electron chi connectivity index (χ2n) is 4.70. The minimum atomic E-state index is -1.18. The molecule has 106 valence electrons. The summed E-state index contributed by atoms with van der Waals surface area (Å²) in [5.41, 5.74) is 3.11. The van der Waals surface area contributed by atoms with Gasteiger partial charge in [-0.1, -0.05) is 11.8 Å². The lowest BCUT2D eigenvalue weighted by atomic mass is 10.0. The predicted molar refractivity (Wildman–Crippen MR) is 74.4 cm³/mol. The van der Waals surface area contributed by atoms with E-state index >= 15 is 0 Å². The van der Waals surface area contributed by atoms with Crippen LogP contribution in [0.5, 0.6) is 0 Å². The molecule has 1 aliphatic rings. The van der Waals surface area contributed by atoms with Gasteiger partial charge in [0.1, 0.15) is 16.9 Å². The van der Waals surface area contributed by atoms with E-state index in [9.17, 15) is 15.2 Å². The highest BCUT2D eigenvalue weighted by Gasteiger charge is 2.25. The third-order valence-electron chi connectivity index (χ3n) is 3.40. The van der Waals surface area contributed by atoms with Crippen LogP contribution in [0.1, 0.15) is 23.2 Å². The van der Waals surface area contributed by atoms with Crippen LogP contribution < -0.4 is 5.11 Å². The van der Waals surface area contributed by atoms with E-state index in [-0.39, 0.29) is 5.75 Å². The molecule has 6 heteroatoms. The van der Waals surface area contributed by atoms with Gasteiger partial charge in [0.2, 0.25) is 0 Å². The number of nitrogens with zero attached hydrogens (tertiary/aromatic N) is 2. The maximum Gasteiger partial charge on any atom is 0.135 e. The molecule has 2 aromatic rings. The lowest BCUT2D eigenvalue weighted by Crippen LogP contribution is -2.24. The Bertz CT molecular complexity index is 732. The highest BCUT2D eigenvalue weighted by atomic mass is 32.2. The largest absolute Gasteiger partial charge is 0.549 e. The highest BCUT2D eigenvalue weighted by Crippen LogP contribution is 2.38. The number of hydrogen-bond acceptors (Lipinski definition) is 6. The average Bonchev–Trinajstić information content (AvgIpc) is 3.14. The number of hydrogen-bond donors (Lipinski definition) is 0. The van der Waals surface area contributed by atoms with Gasteiger partial charge in [-0.05, 0) is 37.0 Å². The Morgan fingerprint density at radius 3 is 3.05 bits per heavy atom. The van der Waals surface area contributed by atoms with Gasteiger partial charge in [-0.25, -0.2) is 4.98 Å². The van der Waals surface area contributed by atoms with E-state index in [1.807, 2.05) is 6.07 Å². The SMILES string of the molecule is N#Cc1c(SCC(=O)[O-])nc2c(c1-c1ccco1)CCC2. The number of furan rings is 1. The van der Waals surface area contributed by atoms with Crippen LogP contribution in [-0.2, 0) is 17.6 Å². The van der Waals surface area contributed by atoms with Crippen LogP contribution in [0.4, 0.5) is 0 Å². The van der Waals surface area contributed by atoms with E-state index in [1.165, 1.54) is 0 Å². The van der Waals surface area contributed by atoms with Crippen molar-refractivity contribution in [3.63, 3.8) is 0 Å². The van der Waals surface area contributed by atoms with Gasteiger partial charge in [0, 0.05) is 17.0 Å². The molecule has 0 unspecified atom stereocenters. The number of aromatic nitrogens is 1. The molecule has 0 spiro atoms. The summed E-state index contributed by atoms with van der Waals surface area (Å²) < 4.78 is 5.45. The van der Waals surface area contributed by atoms with Crippen molar-refractivity contribution in [2.75, 3.05) is 5.75 Å². The zero-order chi connectivity index (χ0) is 14.8. The Morgan fingerprint density at radius 2 is 2.38 bits per heavy atom. The fourth-order valence-electron chi connectivity index (χ4n) is 2.58. The minimum Gasteiger partial charge on any atom is -0.549 e. The van der Waals surface area contributed by atoms with Gasteiger partial charge in [-0.2, -0.15) is 5.26 Å². The number of fused-ring (bicyclic) bond motifs is 1. The number of rotatable bonds is 4. The molecular weight excluding hydrogens is 288 g/mol. The lowest BCUT2D eigenvalue weighted by molar-refractivity contribution is -0.301. The first kappa shape index (κ1) is 13.7. The first-order chi connectivity index (χ1) is 10.2. The predicted octanol–water partition coefficient (Wildman–Crippen LogP) is 1.54. The third kappa shape index (κ3) is 2.52. The van der Waals surface area contributed by atoms with Crippen molar-refractivity contribution in [1.82, 2.24) is 4.98 Å². The van der Waals surface area contributed by atoms with Crippen molar-refractivity contribution in [2.24, 2.45) is 0 Å². The lowest BCUT2D eigenvalue weighted by Gasteiger charge is -2.12. The standard InChI is InChI=1S/C15H12N2O3S/c16-7-10-14(12-5-2-6-20-12)9-3-1-4-11(9)17-15(10)21-8-13(18)19/h2,5-6H,1,3-4,8H2,(H,18,19)/p-1. The molecule has 0 bridgehead atoms. The van der Waals surface area contributed by atoms with E-state index in [0.717, 1.165) is 47.8 Å². The fraction of sp³-hybridized carbons (Fsp3) is 0.267. The highest BCUT2D eigenvalue weighted by molar-refractivity contribution is 7.99. The number of carbonyl (C=O) groups excluding carboxylic acids is 1. The molecule has 0 saturated carbocycles. The summed E-state index contributed by atoms with van der Waals surface area (Å²) in [5.74, 6) is -0.772. The van der Waals surface area contributed by atoms with Gasteiger partial charge < -0.3 is 14.3 Å². The van der Waals surface area contributed by atoms with Crippen LogP contribution in [-0.4, -0.2) is 16.7 Å². The average molecular weight is 299 g/mol. The second kappa shape index (κ2) is 5.62. The molecule has 0 N–H and O–H groups in total. The summed E-state index contributed by atoms with van der Waals surface area (Å²) in [5, 5.41) is 20.6. The van der Waals surface area contributed by atoms with Crippen molar-refractivity contribution >= 4 is 17.7 Å². The Morgan fingerprint density at radius 1 is 1.52 bits per heavy atom. The summed E-state index contributed by atoms with van der Waals surface area (Å²) in [6, 6.07) is 5.73. The van der Waals surface area contributed by atoms with Crippen molar-refractivity contribution in [3.05, 3.63) is 35.2 Å². The maximum absolute atomic E-state index is 10.7. The van der Waals surface area contributed by atoms with Crippen molar-refractivity contribution in [3.8, 4) is 17.4 Å². The fourth-order valence-corrected chi connectivity index (χ4v) is 3.31. The van der Waals surface area contributed by atoms with E-state index < -0.39 is 5.97 Å². The molecule has 2 heterocycles. The van der Waals surface area contributed by atoms with Gasteiger partial charge in [0.15, 0.2) is 0 Å². The number of pyridine rings is 1. The molecule has 1 aliphatic carbocycles. The summed E-state index contributed by atoms with van der Waals surface area (Å²) >= 11 is 1.02. The molecule has 0 atom stereocenters. The summed E-state index contributed by atoms with van der Waals surface area (Å²) in [4.78, 5) is 15.1. The Balaban J connectivity index is 2.17. The Kier molecular flexibility index (Phi) is 3.67. The quantitative estimate of drug-likeness (QED) is 0.795. The minimum absolute atomic E-state index is 0.224. The first-order valence-electron chi connectivity index (χ1n) is 6.53. The number of thioether (sulfide) groups is 1. The molecule has 2 aromatic heterocycles. The molecule has 21 heavy (non-hydrogen) atoms. The topological polar surface area (TPSA) is 90.0 Å². The van der Waals surface area contributed by atoms with E-state index in [1.54, 1.807) is 12.3 Å². The van der Waals surface area contributed by atoms with Crippen LogP contribution in [0.2, 0.25) is 0 Å². The number of carbonyl (C=O) groups is 1. The van der Waals surface area contributed by atoms with E-state index in [0.29, 0.717) is 16.3 Å². The molecule has 0 aliphatic heterocycles. The first-order valence-corrected chi connectivity index (χ1v) is 7.51. The van der Waals surface area contributed by atoms with Gasteiger partial charge in [0.05, 0.1) is 17.8 Å². The normalized spacial score (nSPS) is 12.9. The molecule has 0 radical (unpaired) electrons. The van der Waals surface area contributed by atoms with Crippen LogP contribution in [0.15, 0.2) is 27.8 Å². The smallest absolute Gasteiger partial charge is 0.135 e. The molecular formula is C15H11N2O3S-. The van der Waals surface area contributed by atoms with Crippen molar-refractivity contribution < 1.29 is 14.3 Å². The van der Waals surface area contributed by atoms with Crippen LogP contribution in [0.3, 0.4) is 0 Å². The van der Waals surface area contributed by atoms with E-state index in [2.05, 4.69) is 11.1 Å². The third-order valence-corrected chi connectivity index (χ3v) is 4.35. The number of nitriles is 1. The number of aliphatic carboxylic acids is 1. The molecule has 0 saturated heterocycles.